The zero-order chi connectivity index (χ0) is 21.3. The molecular weight excluding hydrogens is 476 g/mol. The topological polar surface area (TPSA) is 307 Å². The molecule has 0 aromatic rings. The molecule has 0 fully saturated rings. The second-order valence-electron chi connectivity index (χ2n) is 4.87. The van der Waals surface area contributed by atoms with E-state index in [1.165, 1.54) is 0 Å². The Morgan fingerprint density at radius 2 is 0.839 bits per heavy atom. The van der Waals surface area contributed by atoms with Gasteiger partial charge in [-0.2, -0.15) is 0 Å². The molecule has 19 heteroatoms. The average molecular weight is 490 g/mol. The summed E-state index contributed by atoms with van der Waals surface area (Å²) in [5.41, 5.74) is -5.78. The van der Waals surface area contributed by atoms with Crippen molar-refractivity contribution >= 4 is 35.8 Å². The number of carbonyl (C=O) groups excluding carboxylic acids is 4. The smallest absolute Gasteiger partial charge is 0.550 e. The molecule has 15 nitrogen and oxygen atoms in total. The Labute approximate surface area is 262 Å². The fourth-order valence-electron chi connectivity index (χ4n) is 1.39. The number of carbonyl (C=O) groups is 6. The molecule has 0 bridgehead atoms. The van der Waals surface area contributed by atoms with E-state index in [1.807, 2.05) is 0 Å². The van der Waals surface area contributed by atoms with Crippen LogP contribution in [0.2, 0.25) is 0 Å². The Morgan fingerprint density at radius 1 is 0.581 bits per heavy atom. The number of hydrogen-bond acceptors (Lipinski definition) is 12. The van der Waals surface area contributed by atoms with Crippen LogP contribution in [0.4, 0.5) is 0 Å². The molecule has 1 unspecified atom stereocenters. The largest absolute Gasteiger partial charge is 1.00 e. The van der Waals surface area contributed by atoms with E-state index < -0.39 is 72.7 Å². The molecule has 0 radical (unpaired) electrons. The van der Waals surface area contributed by atoms with Crippen molar-refractivity contribution in [1.29, 1.82) is 0 Å². The van der Waals surface area contributed by atoms with Crippen LogP contribution in [0, 0.1) is 0 Å². The molecule has 0 aromatic heterocycles. The summed E-state index contributed by atoms with van der Waals surface area (Å²) in [6.07, 6.45) is -5.16. The Balaban J connectivity index is -0.0000000640. The van der Waals surface area contributed by atoms with Crippen molar-refractivity contribution in [3.8, 4) is 0 Å². The normalized spacial score (nSPS) is 10.6. The fraction of sp³-hybridized carbons (Fsp3) is 0.500. The summed E-state index contributed by atoms with van der Waals surface area (Å²) in [6, 6.07) is 0. The molecule has 0 saturated heterocycles. The van der Waals surface area contributed by atoms with Gasteiger partial charge in [0.2, 0.25) is 0 Å². The standard InChI is InChI=1S/2C6H8O7.4Na.H2O/c2*7-3(8)1-6(13,5(11)12)2-4(9)10;;;;;/h2*13H,1-2H2,(H,7,8)(H,9,10)(H,11,12);;;;;1H2/q;;4*+1;/p-4. The third-order valence-corrected chi connectivity index (χ3v) is 2.53. The second-order valence-corrected chi connectivity index (χ2v) is 4.87. The first-order valence-electron chi connectivity index (χ1n) is 6.26. The first kappa shape index (κ1) is 49.0. The van der Waals surface area contributed by atoms with Crippen molar-refractivity contribution in [3.05, 3.63) is 0 Å². The van der Waals surface area contributed by atoms with Crippen molar-refractivity contribution in [2.45, 2.75) is 36.9 Å². The maximum Gasteiger partial charge on any atom is 1.00 e. The van der Waals surface area contributed by atoms with Crippen LogP contribution >= 0.6 is 0 Å². The van der Waals surface area contributed by atoms with Gasteiger partial charge < -0.3 is 65.5 Å². The number of hydrogen-bond donors (Lipinski definition) is 4. The molecule has 6 N–H and O–H groups in total. The van der Waals surface area contributed by atoms with Crippen LogP contribution < -0.4 is 139 Å². The Bertz CT molecular complexity index is 525. The molecule has 31 heavy (non-hydrogen) atoms. The quantitative estimate of drug-likeness (QED) is 0.207. The number of carboxylic acid groups (broad SMARTS) is 6. The minimum absolute atomic E-state index is 0. The minimum Gasteiger partial charge on any atom is -0.550 e. The summed E-state index contributed by atoms with van der Waals surface area (Å²) in [5, 5.41) is 74.4. The van der Waals surface area contributed by atoms with Gasteiger partial charge in [-0.25, -0.2) is 4.79 Å². The fourth-order valence-corrected chi connectivity index (χ4v) is 1.39. The van der Waals surface area contributed by atoms with Gasteiger partial charge in [-0.3, -0.25) is 4.79 Å². The maximum atomic E-state index is 10.3. The molecule has 0 spiro atoms. The average Bonchev–Trinajstić information content (AvgIpc) is 2.34. The van der Waals surface area contributed by atoms with Crippen LogP contribution in [-0.2, 0) is 28.8 Å². The monoisotopic (exact) mass is 490 g/mol. The van der Waals surface area contributed by atoms with E-state index in [9.17, 15) is 49.2 Å². The van der Waals surface area contributed by atoms with E-state index in [2.05, 4.69) is 0 Å². The van der Waals surface area contributed by atoms with Crippen LogP contribution in [0.1, 0.15) is 25.7 Å². The molecule has 0 heterocycles. The van der Waals surface area contributed by atoms with E-state index in [0.29, 0.717) is 0 Å². The van der Waals surface area contributed by atoms with Crippen LogP contribution in [0.5, 0.6) is 0 Å². The molecule has 0 amide bonds. The zero-order valence-corrected chi connectivity index (χ0v) is 25.2. The van der Waals surface area contributed by atoms with Crippen molar-refractivity contribution in [2.24, 2.45) is 0 Å². The molecule has 0 aliphatic carbocycles. The minimum atomic E-state index is -2.97. The summed E-state index contributed by atoms with van der Waals surface area (Å²) in [5.74, 6) is -11.3. The Hall–Kier alpha value is 0.700. The maximum absolute atomic E-state index is 10.3. The molecule has 0 aliphatic rings. The number of aliphatic hydroxyl groups is 2. The van der Waals surface area contributed by atoms with Gasteiger partial charge in [0.05, 0.1) is 12.4 Å². The van der Waals surface area contributed by atoms with Crippen molar-refractivity contribution in [3.63, 3.8) is 0 Å². The summed E-state index contributed by atoms with van der Waals surface area (Å²) < 4.78 is 0. The first-order valence-corrected chi connectivity index (χ1v) is 6.26. The molecule has 0 saturated carbocycles. The SMILES string of the molecule is O.O=C([O-])CC(O)(CC(=O)O)C(=O)O.O=C([O-])CC(O)(CC(=O)[O-])C(=O)[O-].[Na+].[Na+].[Na+].[Na+]. The molecule has 156 valence electrons. The van der Waals surface area contributed by atoms with Gasteiger partial charge >= 0.3 is 130 Å². The van der Waals surface area contributed by atoms with Gasteiger partial charge in [-0.1, -0.05) is 0 Å². The van der Waals surface area contributed by atoms with E-state index in [0.717, 1.165) is 0 Å². The predicted octanol–water partition coefficient (Wildman–Crippen LogP) is -20.6. The van der Waals surface area contributed by atoms with Crippen LogP contribution in [-0.4, -0.2) is 72.9 Å². The number of aliphatic carboxylic acids is 6. The van der Waals surface area contributed by atoms with Gasteiger partial charge in [-0.05, 0) is 0 Å². The van der Waals surface area contributed by atoms with Crippen LogP contribution in [0.15, 0.2) is 0 Å². The third kappa shape index (κ3) is 23.6. The van der Waals surface area contributed by atoms with E-state index in [1.54, 1.807) is 0 Å². The molecule has 0 aromatic carbocycles. The summed E-state index contributed by atoms with van der Waals surface area (Å²) in [7, 11) is 0. The number of rotatable bonds is 10. The third-order valence-electron chi connectivity index (χ3n) is 2.53. The van der Waals surface area contributed by atoms with Gasteiger partial charge in [0, 0.05) is 37.2 Å². The Morgan fingerprint density at radius 3 is 1.00 bits per heavy atom. The van der Waals surface area contributed by atoms with Gasteiger partial charge in [-0.15, -0.1) is 0 Å². The van der Waals surface area contributed by atoms with E-state index >= 15 is 0 Å². The summed E-state index contributed by atoms with van der Waals surface area (Å²) >= 11 is 0. The molecular formula is C12H14Na4O15. The number of carboxylic acids is 6. The van der Waals surface area contributed by atoms with Gasteiger partial charge in [0.15, 0.2) is 5.60 Å². The second kappa shape index (κ2) is 22.5. The molecule has 1 atom stereocenters. The van der Waals surface area contributed by atoms with E-state index in [-0.39, 0.29) is 124 Å². The van der Waals surface area contributed by atoms with Crippen LogP contribution in [0.25, 0.3) is 0 Å². The summed E-state index contributed by atoms with van der Waals surface area (Å²) in [4.78, 5) is 60.3. The summed E-state index contributed by atoms with van der Waals surface area (Å²) in [6.45, 7) is 0. The zero-order valence-electron chi connectivity index (χ0n) is 17.2. The van der Waals surface area contributed by atoms with Crippen molar-refractivity contribution in [1.82, 2.24) is 0 Å². The van der Waals surface area contributed by atoms with Crippen LogP contribution in [0.3, 0.4) is 0 Å². The Kier molecular flexibility index (Phi) is 35.5. The van der Waals surface area contributed by atoms with E-state index in [4.69, 9.17) is 20.4 Å². The predicted molar refractivity (Wildman–Crippen MR) is 67.3 cm³/mol. The van der Waals surface area contributed by atoms with Crippen molar-refractivity contribution < 1.29 is 193 Å². The first-order chi connectivity index (χ1) is 11.6. The molecule has 0 aliphatic heterocycles. The molecule has 0 rings (SSSR count). The van der Waals surface area contributed by atoms with Gasteiger partial charge in [0.1, 0.15) is 5.60 Å². The van der Waals surface area contributed by atoms with Crippen molar-refractivity contribution in [2.75, 3.05) is 0 Å². The van der Waals surface area contributed by atoms with Gasteiger partial charge in [0.25, 0.3) is 0 Å².